The monoisotopic (exact) mass is 185 g/mol. The Bertz CT molecular complexity index is 247. The molecule has 1 aromatic rings. The van der Waals surface area contributed by atoms with E-state index in [1.165, 1.54) is 6.20 Å². The first-order chi connectivity index (χ1) is 6.34. The molecule has 0 aliphatic carbocycles. The zero-order valence-corrected chi connectivity index (χ0v) is 7.32. The van der Waals surface area contributed by atoms with Gasteiger partial charge in [0.15, 0.2) is 5.69 Å². The highest BCUT2D eigenvalue weighted by atomic mass is 16.6. The molecule has 13 heavy (non-hydrogen) atoms. The molecule has 72 valence electrons. The molecular weight excluding hydrogens is 174 g/mol. The zero-order valence-electron chi connectivity index (χ0n) is 7.32. The molecule has 1 aromatic heterocycles. The quantitative estimate of drug-likeness (QED) is 0.645. The van der Waals surface area contributed by atoms with Gasteiger partial charge >= 0.3 is 0 Å². The highest BCUT2D eigenvalue weighted by Crippen LogP contribution is 1.89. The van der Waals surface area contributed by atoms with E-state index >= 15 is 0 Å². The molecule has 0 aliphatic heterocycles. The molecule has 1 N–H and O–H groups in total. The first kappa shape index (κ1) is 9.66. The van der Waals surface area contributed by atoms with Crippen molar-refractivity contribution in [2.45, 2.75) is 6.42 Å². The van der Waals surface area contributed by atoms with Crippen LogP contribution in [0.15, 0.2) is 10.8 Å². The first-order valence-corrected chi connectivity index (χ1v) is 3.89. The van der Waals surface area contributed by atoms with E-state index in [9.17, 15) is 4.79 Å². The molecule has 0 saturated carbocycles. The molecule has 0 unspecified atom stereocenters. The van der Waals surface area contributed by atoms with Crippen molar-refractivity contribution in [2.75, 3.05) is 20.3 Å². The van der Waals surface area contributed by atoms with E-state index in [1.807, 2.05) is 0 Å². The highest BCUT2D eigenvalue weighted by molar-refractivity contribution is 5.91. The van der Waals surface area contributed by atoms with Gasteiger partial charge in [-0.25, -0.2) is 4.63 Å². The van der Waals surface area contributed by atoms with Crippen LogP contribution in [0.5, 0.6) is 0 Å². The van der Waals surface area contributed by atoms with Crippen LogP contribution in [0.3, 0.4) is 0 Å². The molecule has 0 spiro atoms. The maximum atomic E-state index is 11.2. The molecule has 0 aromatic carbocycles. The average Bonchev–Trinajstić information content (AvgIpc) is 2.65. The molecule has 1 rings (SSSR count). The molecule has 6 nitrogen and oxygen atoms in total. The van der Waals surface area contributed by atoms with E-state index in [0.29, 0.717) is 13.2 Å². The third-order valence-corrected chi connectivity index (χ3v) is 1.40. The Morgan fingerprint density at radius 2 is 2.62 bits per heavy atom. The SMILES string of the molecule is COCCCNC(=O)c1cnon1. The summed E-state index contributed by atoms with van der Waals surface area (Å²) in [6, 6.07) is 0. The minimum atomic E-state index is -0.280. The van der Waals surface area contributed by atoms with Gasteiger partial charge < -0.3 is 10.1 Å². The number of carbonyl (C=O) groups is 1. The van der Waals surface area contributed by atoms with Crippen molar-refractivity contribution in [2.24, 2.45) is 0 Å². The number of hydrogen-bond donors (Lipinski definition) is 1. The fourth-order valence-electron chi connectivity index (χ4n) is 0.774. The smallest absolute Gasteiger partial charge is 0.275 e. The van der Waals surface area contributed by atoms with E-state index in [2.05, 4.69) is 20.3 Å². The largest absolute Gasteiger partial charge is 0.385 e. The lowest BCUT2D eigenvalue weighted by Crippen LogP contribution is -2.25. The Kier molecular flexibility index (Phi) is 3.90. The Labute approximate surface area is 75.2 Å². The molecule has 1 amide bonds. The van der Waals surface area contributed by atoms with Crippen molar-refractivity contribution in [3.8, 4) is 0 Å². The molecule has 0 bridgehead atoms. The second-order valence-electron chi connectivity index (χ2n) is 2.39. The summed E-state index contributed by atoms with van der Waals surface area (Å²) in [7, 11) is 1.61. The molecular formula is C7H11N3O3. The van der Waals surface area contributed by atoms with Gasteiger partial charge in [0.05, 0.1) is 0 Å². The van der Waals surface area contributed by atoms with Gasteiger partial charge in [-0.3, -0.25) is 4.79 Å². The average molecular weight is 185 g/mol. The van der Waals surface area contributed by atoms with E-state index in [4.69, 9.17) is 4.74 Å². The fraction of sp³-hybridized carbons (Fsp3) is 0.571. The number of nitrogens with zero attached hydrogens (tertiary/aromatic N) is 2. The minimum absolute atomic E-state index is 0.192. The summed E-state index contributed by atoms with van der Waals surface area (Å²) < 4.78 is 9.09. The van der Waals surface area contributed by atoms with Gasteiger partial charge in [-0.05, 0) is 11.6 Å². The van der Waals surface area contributed by atoms with Crippen LogP contribution in [0.1, 0.15) is 16.9 Å². The summed E-state index contributed by atoms with van der Waals surface area (Å²) in [5.74, 6) is -0.280. The van der Waals surface area contributed by atoms with Crippen molar-refractivity contribution in [1.29, 1.82) is 0 Å². The summed E-state index contributed by atoms with van der Waals surface area (Å²) >= 11 is 0. The van der Waals surface area contributed by atoms with Crippen LogP contribution in [0.2, 0.25) is 0 Å². The molecule has 6 heteroatoms. The maximum absolute atomic E-state index is 11.2. The van der Waals surface area contributed by atoms with E-state index in [0.717, 1.165) is 6.42 Å². The lowest BCUT2D eigenvalue weighted by molar-refractivity contribution is 0.0939. The predicted octanol–water partition coefficient (Wildman–Crippen LogP) is -0.164. The van der Waals surface area contributed by atoms with Gasteiger partial charge in [0.2, 0.25) is 0 Å². The number of aromatic nitrogens is 2. The van der Waals surface area contributed by atoms with Crippen molar-refractivity contribution in [3.63, 3.8) is 0 Å². The van der Waals surface area contributed by atoms with Crippen LogP contribution in [0.25, 0.3) is 0 Å². The second-order valence-corrected chi connectivity index (χ2v) is 2.39. The van der Waals surface area contributed by atoms with Crippen LogP contribution < -0.4 is 5.32 Å². The van der Waals surface area contributed by atoms with Gasteiger partial charge in [0.25, 0.3) is 5.91 Å². The van der Waals surface area contributed by atoms with Crippen LogP contribution in [-0.4, -0.2) is 36.5 Å². The number of nitrogens with one attached hydrogen (secondary N) is 1. The Morgan fingerprint density at radius 1 is 1.77 bits per heavy atom. The third kappa shape index (κ3) is 3.20. The van der Waals surface area contributed by atoms with Crippen LogP contribution in [-0.2, 0) is 4.74 Å². The topological polar surface area (TPSA) is 77.2 Å². The summed E-state index contributed by atoms with van der Waals surface area (Å²) in [4.78, 5) is 11.2. The number of methoxy groups -OCH3 is 1. The van der Waals surface area contributed by atoms with Crippen molar-refractivity contribution < 1.29 is 14.2 Å². The molecule has 0 radical (unpaired) electrons. The molecule has 0 saturated heterocycles. The first-order valence-electron chi connectivity index (χ1n) is 3.89. The number of rotatable bonds is 5. The Hall–Kier alpha value is -1.43. The lowest BCUT2D eigenvalue weighted by atomic mass is 10.4. The number of carbonyl (C=O) groups excluding carboxylic acids is 1. The van der Waals surface area contributed by atoms with E-state index < -0.39 is 0 Å². The summed E-state index contributed by atoms with van der Waals surface area (Å²) in [5.41, 5.74) is 0.192. The molecule has 0 atom stereocenters. The highest BCUT2D eigenvalue weighted by Gasteiger charge is 2.07. The van der Waals surface area contributed by atoms with Crippen molar-refractivity contribution in [3.05, 3.63) is 11.9 Å². The fourth-order valence-corrected chi connectivity index (χ4v) is 0.774. The van der Waals surface area contributed by atoms with Gasteiger partial charge in [0.1, 0.15) is 6.20 Å². The second kappa shape index (κ2) is 5.26. The summed E-state index contributed by atoms with van der Waals surface area (Å²) in [6.07, 6.45) is 2.04. The van der Waals surface area contributed by atoms with E-state index in [-0.39, 0.29) is 11.6 Å². The summed E-state index contributed by atoms with van der Waals surface area (Å²) in [5, 5.41) is 9.34. The van der Waals surface area contributed by atoms with Crippen molar-refractivity contribution >= 4 is 5.91 Å². The van der Waals surface area contributed by atoms with Gasteiger partial charge in [-0.1, -0.05) is 5.16 Å². The van der Waals surface area contributed by atoms with Gasteiger partial charge in [-0.2, -0.15) is 0 Å². The van der Waals surface area contributed by atoms with Gasteiger partial charge in [-0.15, -0.1) is 0 Å². The lowest BCUT2D eigenvalue weighted by Gasteiger charge is -2.00. The third-order valence-electron chi connectivity index (χ3n) is 1.40. The molecule has 1 heterocycles. The number of ether oxygens (including phenoxy) is 1. The zero-order chi connectivity index (χ0) is 9.52. The number of amides is 1. The minimum Gasteiger partial charge on any atom is -0.385 e. The Balaban J connectivity index is 2.19. The van der Waals surface area contributed by atoms with Gasteiger partial charge in [0, 0.05) is 20.3 Å². The van der Waals surface area contributed by atoms with Crippen LogP contribution in [0.4, 0.5) is 0 Å². The van der Waals surface area contributed by atoms with E-state index in [1.54, 1.807) is 7.11 Å². The standard InChI is InChI=1S/C7H11N3O3/c1-12-4-2-3-8-7(11)6-5-9-13-10-6/h5H,2-4H2,1H3,(H,8,11). The molecule has 0 fully saturated rings. The van der Waals surface area contributed by atoms with Crippen LogP contribution >= 0.6 is 0 Å². The Morgan fingerprint density at radius 3 is 3.23 bits per heavy atom. The maximum Gasteiger partial charge on any atom is 0.275 e. The van der Waals surface area contributed by atoms with Crippen molar-refractivity contribution in [1.82, 2.24) is 15.6 Å². The normalized spacial score (nSPS) is 9.92. The molecule has 0 aliphatic rings. The van der Waals surface area contributed by atoms with Crippen LogP contribution in [0, 0.1) is 0 Å². The predicted molar refractivity (Wildman–Crippen MR) is 43.1 cm³/mol. The number of hydrogen-bond acceptors (Lipinski definition) is 5. The summed E-state index contributed by atoms with van der Waals surface area (Å²) in [6.45, 7) is 1.18.